The number of amides is 1. The van der Waals surface area contributed by atoms with Crippen molar-refractivity contribution in [1.29, 1.82) is 0 Å². The number of ether oxygens (including phenoxy) is 1. The average Bonchev–Trinajstić information content (AvgIpc) is 2.47. The molecule has 1 aromatic rings. The molecular formula is C14H24N4O3. The lowest BCUT2D eigenvalue weighted by Crippen LogP contribution is -2.38. The highest BCUT2D eigenvalue weighted by atomic mass is 16.5. The smallest absolute Gasteiger partial charge is 0.270 e. The van der Waals surface area contributed by atoms with Crippen molar-refractivity contribution in [3.05, 3.63) is 22.6 Å². The highest BCUT2D eigenvalue weighted by molar-refractivity contribution is 5.75. The van der Waals surface area contributed by atoms with E-state index < -0.39 is 0 Å². The molecule has 1 rings (SSSR count). The second kappa shape index (κ2) is 9.12. The molecule has 0 fully saturated rings. The molecule has 21 heavy (non-hydrogen) atoms. The van der Waals surface area contributed by atoms with Gasteiger partial charge in [-0.1, -0.05) is 13.8 Å². The summed E-state index contributed by atoms with van der Waals surface area (Å²) in [4.78, 5) is 23.7. The molecule has 0 saturated carbocycles. The first-order valence-electron chi connectivity index (χ1n) is 7.30. The molecule has 7 heteroatoms. The minimum atomic E-state index is -0.361. The Morgan fingerprint density at radius 1 is 1.48 bits per heavy atom. The van der Waals surface area contributed by atoms with Gasteiger partial charge in [-0.25, -0.2) is 4.68 Å². The van der Waals surface area contributed by atoms with Gasteiger partial charge in [-0.15, -0.1) is 0 Å². The molecule has 118 valence electrons. The van der Waals surface area contributed by atoms with Gasteiger partial charge in [-0.3, -0.25) is 9.59 Å². The van der Waals surface area contributed by atoms with Gasteiger partial charge < -0.3 is 15.8 Å². The molecule has 0 aliphatic rings. The molecule has 0 radical (unpaired) electrons. The normalized spacial score (nSPS) is 10.7. The maximum absolute atomic E-state index is 11.8. The van der Waals surface area contributed by atoms with Gasteiger partial charge in [0.1, 0.15) is 12.3 Å². The van der Waals surface area contributed by atoms with Gasteiger partial charge in [0, 0.05) is 12.1 Å². The number of aromatic nitrogens is 2. The molecule has 3 N–H and O–H groups in total. The Balaban J connectivity index is 2.60. The molecule has 0 spiro atoms. The van der Waals surface area contributed by atoms with Crippen LogP contribution in [0.25, 0.3) is 0 Å². The standard InChI is InChI=1S/C14H24N4O3/c1-3-11(4-2)17-13(19)10-18-14(20)8-12(9-16-18)21-7-5-6-15/h8-9,11H,3-7,10,15H2,1-2H3,(H,17,19). The van der Waals surface area contributed by atoms with E-state index in [0.717, 1.165) is 17.5 Å². The predicted octanol–water partition coefficient (Wildman–Crippen LogP) is 0.276. The minimum Gasteiger partial charge on any atom is -0.492 e. The number of rotatable bonds is 9. The van der Waals surface area contributed by atoms with Gasteiger partial charge in [-0.2, -0.15) is 5.10 Å². The van der Waals surface area contributed by atoms with Crippen LogP contribution in [0.5, 0.6) is 5.75 Å². The first-order valence-corrected chi connectivity index (χ1v) is 7.30. The largest absolute Gasteiger partial charge is 0.492 e. The molecule has 0 saturated heterocycles. The monoisotopic (exact) mass is 296 g/mol. The van der Waals surface area contributed by atoms with Crippen LogP contribution in [-0.2, 0) is 11.3 Å². The molecule has 1 heterocycles. The van der Waals surface area contributed by atoms with E-state index in [9.17, 15) is 9.59 Å². The minimum absolute atomic E-state index is 0.0849. The van der Waals surface area contributed by atoms with E-state index in [0.29, 0.717) is 25.3 Å². The fraction of sp³-hybridized carbons (Fsp3) is 0.643. The molecule has 1 aromatic heterocycles. The molecular weight excluding hydrogens is 272 g/mol. The Kier molecular flexibility index (Phi) is 7.45. The Hall–Kier alpha value is -1.89. The number of nitrogens with one attached hydrogen (secondary N) is 1. The number of nitrogens with zero attached hydrogens (tertiary/aromatic N) is 2. The van der Waals surface area contributed by atoms with Gasteiger partial charge in [0.05, 0.1) is 12.8 Å². The molecule has 0 aliphatic carbocycles. The summed E-state index contributed by atoms with van der Waals surface area (Å²) in [5, 5.41) is 6.81. The van der Waals surface area contributed by atoms with Gasteiger partial charge in [0.2, 0.25) is 5.91 Å². The number of hydrogen-bond acceptors (Lipinski definition) is 5. The highest BCUT2D eigenvalue weighted by Crippen LogP contribution is 2.03. The van der Waals surface area contributed by atoms with Crippen LogP contribution in [0.15, 0.2) is 17.1 Å². The average molecular weight is 296 g/mol. The summed E-state index contributed by atoms with van der Waals surface area (Å²) in [5.74, 6) is 0.181. The Morgan fingerprint density at radius 3 is 2.76 bits per heavy atom. The second-order valence-corrected chi connectivity index (χ2v) is 4.76. The number of carbonyl (C=O) groups is 1. The van der Waals surface area contributed by atoms with E-state index in [1.807, 2.05) is 13.8 Å². The SMILES string of the molecule is CCC(CC)NC(=O)Cn1ncc(OCCCN)cc1=O. The van der Waals surface area contributed by atoms with Crippen LogP contribution in [0.2, 0.25) is 0 Å². The number of carbonyl (C=O) groups excluding carboxylic acids is 1. The molecule has 0 atom stereocenters. The van der Waals surface area contributed by atoms with Crippen molar-refractivity contribution in [2.75, 3.05) is 13.2 Å². The zero-order valence-corrected chi connectivity index (χ0v) is 12.7. The van der Waals surface area contributed by atoms with E-state index in [1.165, 1.54) is 12.3 Å². The van der Waals surface area contributed by atoms with Crippen molar-refractivity contribution < 1.29 is 9.53 Å². The van der Waals surface area contributed by atoms with Gasteiger partial charge in [-0.05, 0) is 25.8 Å². The molecule has 7 nitrogen and oxygen atoms in total. The van der Waals surface area contributed by atoms with Crippen LogP contribution >= 0.6 is 0 Å². The van der Waals surface area contributed by atoms with Crippen molar-refractivity contribution in [3.8, 4) is 5.75 Å². The van der Waals surface area contributed by atoms with Crippen molar-refractivity contribution >= 4 is 5.91 Å². The van der Waals surface area contributed by atoms with E-state index in [-0.39, 0.29) is 24.1 Å². The Morgan fingerprint density at radius 2 is 2.19 bits per heavy atom. The lowest BCUT2D eigenvalue weighted by atomic mass is 10.2. The molecule has 0 aliphatic heterocycles. The van der Waals surface area contributed by atoms with Crippen LogP contribution in [-0.4, -0.2) is 34.9 Å². The summed E-state index contributed by atoms with van der Waals surface area (Å²) >= 11 is 0. The lowest BCUT2D eigenvalue weighted by molar-refractivity contribution is -0.122. The quantitative estimate of drug-likeness (QED) is 0.637. The van der Waals surface area contributed by atoms with Gasteiger partial charge in [0.25, 0.3) is 5.56 Å². The number of nitrogens with two attached hydrogens (primary N) is 1. The van der Waals surface area contributed by atoms with Crippen molar-refractivity contribution in [1.82, 2.24) is 15.1 Å². The third-order valence-corrected chi connectivity index (χ3v) is 3.11. The first-order chi connectivity index (χ1) is 10.1. The summed E-state index contributed by atoms with van der Waals surface area (Å²) in [5.41, 5.74) is 5.00. The van der Waals surface area contributed by atoms with Crippen molar-refractivity contribution in [2.45, 2.75) is 45.7 Å². The second-order valence-electron chi connectivity index (χ2n) is 4.76. The first kappa shape index (κ1) is 17.2. The predicted molar refractivity (Wildman–Crippen MR) is 80.2 cm³/mol. The van der Waals surface area contributed by atoms with E-state index in [1.54, 1.807) is 0 Å². The van der Waals surface area contributed by atoms with Crippen molar-refractivity contribution in [3.63, 3.8) is 0 Å². The van der Waals surface area contributed by atoms with Crippen LogP contribution in [0.4, 0.5) is 0 Å². The topological polar surface area (TPSA) is 99.2 Å². The van der Waals surface area contributed by atoms with Gasteiger partial charge in [0.15, 0.2) is 0 Å². The zero-order chi connectivity index (χ0) is 15.7. The summed E-state index contributed by atoms with van der Waals surface area (Å²) in [7, 11) is 0. The number of hydrogen-bond donors (Lipinski definition) is 2. The van der Waals surface area contributed by atoms with Crippen LogP contribution in [0, 0.1) is 0 Å². The third kappa shape index (κ3) is 5.95. The zero-order valence-electron chi connectivity index (χ0n) is 12.7. The fourth-order valence-electron chi connectivity index (χ4n) is 1.79. The fourth-order valence-corrected chi connectivity index (χ4v) is 1.79. The maximum Gasteiger partial charge on any atom is 0.270 e. The summed E-state index contributed by atoms with van der Waals surface area (Å²) in [6, 6.07) is 1.46. The van der Waals surface area contributed by atoms with Gasteiger partial charge >= 0.3 is 0 Å². The Bertz CT molecular complexity index is 497. The molecule has 0 bridgehead atoms. The van der Waals surface area contributed by atoms with Crippen LogP contribution in [0.1, 0.15) is 33.1 Å². The lowest BCUT2D eigenvalue weighted by Gasteiger charge is -2.14. The Labute approximate surface area is 124 Å². The molecule has 1 amide bonds. The van der Waals surface area contributed by atoms with Crippen LogP contribution < -0.4 is 21.3 Å². The highest BCUT2D eigenvalue weighted by Gasteiger charge is 2.10. The molecule has 0 aromatic carbocycles. The molecule has 0 unspecified atom stereocenters. The third-order valence-electron chi connectivity index (χ3n) is 3.11. The van der Waals surface area contributed by atoms with E-state index in [4.69, 9.17) is 10.5 Å². The maximum atomic E-state index is 11.8. The summed E-state index contributed by atoms with van der Waals surface area (Å²) in [6.45, 7) is 4.90. The van der Waals surface area contributed by atoms with E-state index in [2.05, 4.69) is 10.4 Å². The van der Waals surface area contributed by atoms with Crippen LogP contribution in [0.3, 0.4) is 0 Å². The summed E-state index contributed by atoms with van der Waals surface area (Å²) < 4.78 is 6.45. The van der Waals surface area contributed by atoms with Crippen molar-refractivity contribution in [2.24, 2.45) is 5.73 Å². The van der Waals surface area contributed by atoms with E-state index >= 15 is 0 Å². The summed E-state index contributed by atoms with van der Waals surface area (Å²) in [6.07, 6.45) is 3.86.